The van der Waals surface area contributed by atoms with Gasteiger partial charge in [0, 0.05) is 11.6 Å². The van der Waals surface area contributed by atoms with Gasteiger partial charge in [-0.2, -0.15) is 0 Å². The molecule has 0 spiro atoms. The van der Waals surface area contributed by atoms with E-state index < -0.39 is 5.97 Å². The van der Waals surface area contributed by atoms with E-state index in [1.54, 1.807) is 24.3 Å². The summed E-state index contributed by atoms with van der Waals surface area (Å²) >= 11 is 6.52. The van der Waals surface area contributed by atoms with Gasteiger partial charge < -0.3 is 9.52 Å². The molecular weight excluding hydrogens is 394 g/mol. The molecule has 4 rings (SSSR count). The van der Waals surface area contributed by atoms with Gasteiger partial charge in [0.2, 0.25) is 0 Å². The number of aromatic carboxylic acids is 1. The average Bonchev–Trinajstić information content (AvgIpc) is 3.27. The average molecular weight is 407 g/mol. The molecule has 1 saturated heterocycles. The monoisotopic (exact) mass is 407 g/mol. The SMILES string of the molecule is O=C(O)c1ccc(N2C(=O)/C(=C\c3ccc(-c4ccccc4)o3)SC2=S)cc1. The van der Waals surface area contributed by atoms with Crippen molar-refractivity contribution >= 4 is 51.9 Å². The number of carboxylic acid groups (broad SMARTS) is 1. The molecule has 2 aromatic carbocycles. The van der Waals surface area contributed by atoms with Crippen LogP contribution in [0.15, 0.2) is 76.1 Å². The van der Waals surface area contributed by atoms with Crippen LogP contribution in [0.3, 0.4) is 0 Å². The molecule has 2 heterocycles. The number of carboxylic acids is 1. The number of hydrogen-bond acceptors (Lipinski definition) is 5. The maximum Gasteiger partial charge on any atom is 0.335 e. The quantitative estimate of drug-likeness (QED) is 0.482. The minimum absolute atomic E-state index is 0.147. The smallest absolute Gasteiger partial charge is 0.335 e. The van der Waals surface area contributed by atoms with E-state index in [-0.39, 0.29) is 11.5 Å². The number of hydrogen-bond donors (Lipinski definition) is 1. The molecule has 1 amide bonds. The zero-order valence-corrected chi connectivity index (χ0v) is 16.0. The van der Waals surface area contributed by atoms with Gasteiger partial charge in [-0.3, -0.25) is 9.69 Å². The third kappa shape index (κ3) is 3.49. The highest BCUT2D eigenvalue weighted by Crippen LogP contribution is 2.36. The van der Waals surface area contributed by atoms with Crippen molar-refractivity contribution in [3.8, 4) is 11.3 Å². The fourth-order valence-corrected chi connectivity index (χ4v) is 4.04. The van der Waals surface area contributed by atoms with Crippen LogP contribution in [0.25, 0.3) is 17.4 Å². The lowest BCUT2D eigenvalue weighted by molar-refractivity contribution is -0.113. The lowest BCUT2D eigenvalue weighted by Gasteiger charge is -2.14. The van der Waals surface area contributed by atoms with Crippen LogP contribution in [0.5, 0.6) is 0 Å². The molecule has 1 aliphatic rings. The molecule has 5 nitrogen and oxygen atoms in total. The zero-order valence-electron chi connectivity index (χ0n) is 14.4. The Balaban J connectivity index is 1.59. The Kier molecular flexibility index (Phi) is 4.85. The summed E-state index contributed by atoms with van der Waals surface area (Å²) in [7, 11) is 0. The summed E-state index contributed by atoms with van der Waals surface area (Å²) in [6.07, 6.45) is 1.66. The molecule has 0 bridgehead atoms. The number of rotatable bonds is 4. The predicted molar refractivity (Wildman–Crippen MR) is 113 cm³/mol. The van der Waals surface area contributed by atoms with Crippen molar-refractivity contribution in [2.24, 2.45) is 0 Å². The van der Waals surface area contributed by atoms with E-state index in [9.17, 15) is 9.59 Å². The van der Waals surface area contributed by atoms with Crippen molar-refractivity contribution in [1.82, 2.24) is 0 Å². The van der Waals surface area contributed by atoms with Crippen LogP contribution in [0.4, 0.5) is 5.69 Å². The Hall–Kier alpha value is -3.16. The van der Waals surface area contributed by atoms with Crippen LogP contribution in [-0.2, 0) is 4.79 Å². The molecule has 1 aromatic heterocycles. The minimum Gasteiger partial charge on any atom is -0.478 e. The number of nitrogens with zero attached hydrogens (tertiary/aromatic N) is 1. The number of thiocarbonyl (C=S) groups is 1. The van der Waals surface area contributed by atoms with Gasteiger partial charge in [-0.1, -0.05) is 54.3 Å². The second kappa shape index (κ2) is 7.46. The largest absolute Gasteiger partial charge is 0.478 e. The molecule has 1 aliphatic heterocycles. The first-order chi connectivity index (χ1) is 13.5. The summed E-state index contributed by atoms with van der Waals surface area (Å²) in [6.45, 7) is 0. The molecule has 0 atom stereocenters. The maximum atomic E-state index is 12.8. The fourth-order valence-electron chi connectivity index (χ4n) is 2.76. The van der Waals surface area contributed by atoms with Gasteiger partial charge in [-0.15, -0.1) is 0 Å². The highest BCUT2D eigenvalue weighted by molar-refractivity contribution is 8.27. The number of thioether (sulfide) groups is 1. The summed E-state index contributed by atoms with van der Waals surface area (Å²) in [5.41, 5.74) is 1.63. The number of carbonyl (C=O) groups excluding carboxylic acids is 1. The molecule has 138 valence electrons. The Morgan fingerprint density at radius 2 is 1.75 bits per heavy atom. The second-order valence-corrected chi connectivity index (χ2v) is 7.61. The van der Waals surface area contributed by atoms with E-state index in [1.807, 2.05) is 36.4 Å². The fraction of sp³-hybridized carbons (Fsp3) is 0. The number of carbonyl (C=O) groups is 2. The summed E-state index contributed by atoms with van der Waals surface area (Å²) in [5.74, 6) is -0.0215. The summed E-state index contributed by atoms with van der Waals surface area (Å²) in [4.78, 5) is 25.6. The lowest BCUT2D eigenvalue weighted by Crippen LogP contribution is -2.27. The number of benzene rings is 2. The first-order valence-electron chi connectivity index (χ1n) is 8.29. The third-order valence-electron chi connectivity index (χ3n) is 4.12. The van der Waals surface area contributed by atoms with Crippen molar-refractivity contribution in [2.45, 2.75) is 0 Å². The van der Waals surface area contributed by atoms with Crippen LogP contribution < -0.4 is 4.90 Å². The molecular formula is C21H13NO4S2. The van der Waals surface area contributed by atoms with E-state index in [0.29, 0.717) is 26.4 Å². The van der Waals surface area contributed by atoms with Gasteiger partial charge >= 0.3 is 5.97 Å². The van der Waals surface area contributed by atoms with Crippen molar-refractivity contribution < 1.29 is 19.1 Å². The van der Waals surface area contributed by atoms with Crippen molar-refractivity contribution in [2.75, 3.05) is 4.90 Å². The first-order valence-corrected chi connectivity index (χ1v) is 9.52. The molecule has 1 N–H and O–H groups in total. The van der Waals surface area contributed by atoms with Crippen molar-refractivity contribution in [3.63, 3.8) is 0 Å². The van der Waals surface area contributed by atoms with Crippen LogP contribution >= 0.6 is 24.0 Å². The van der Waals surface area contributed by atoms with Crippen LogP contribution in [0.1, 0.15) is 16.1 Å². The van der Waals surface area contributed by atoms with Crippen molar-refractivity contribution in [3.05, 3.63) is 83.0 Å². The molecule has 0 unspecified atom stereocenters. The Morgan fingerprint density at radius 1 is 1.04 bits per heavy atom. The Morgan fingerprint density at radius 3 is 2.43 bits per heavy atom. The highest BCUT2D eigenvalue weighted by Gasteiger charge is 2.33. The maximum absolute atomic E-state index is 12.8. The van der Waals surface area contributed by atoms with Gasteiger partial charge in [-0.05, 0) is 36.4 Å². The molecule has 7 heteroatoms. The first kappa shape index (κ1) is 18.2. The van der Waals surface area contributed by atoms with Gasteiger partial charge in [0.15, 0.2) is 4.32 Å². The molecule has 0 radical (unpaired) electrons. The lowest BCUT2D eigenvalue weighted by atomic mass is 10.2. The highest BCUT2D eigenvalue weighted by atomic mass is 32.2. The standard InChI is InChI=1S/C21H13NO4S2/c23-19-18(12-16-10-11-17(26-16)13-4-2-1-3-5-13)28-21(27)22(19)15-8-6-14(7-9-15)20(24)25/h1-12H,(H,24,25)/b18-12+. The van der Waals surface area contributed by atoms with Gasteiger partial charge in [-0.25, -0.2) is 4.79 Å². The van der Waals surface area contributed by atoms with E-state index >= 15 is 0 Å². The van der Waals surface area contributed by atoms with E-state index in [2.05, 4.69) is 0 Å². The normalized spacial score (nSPS) is 15.4. The summed E-state index contributed by atoms with van der Waals surface area (Å²) < 4.78 is 6.21. The van der Waals surface area contributed by atoms with E-state index in [4.69, 9.17) is 21.7 Å². The number of anilines is 1. The van der Waals surface area contributed by atoms with E-state index in [1.165, 1.54) is 28.8 Å². The van der Waals surface area contributed by atoms with Crippen LogP contribution in [0.2, 0.25) is 0 Å². The topological polar surface area (TPSA) is 70.8 Å². The van der Waals surface area contributed by atoms with Crippen LogP contribution in [-0.4, -0.2) is 21.3 Å². The third-order valence-corrected chi connectivity index (χ3v) is 5.43. The molecule has 28 heavy (non-hydrogen) atoms. The minimum atomic E-state index is -1.02. The zero-order chi connectivity index (χ0) is 19.7. The second-order valence-electron chi connectivity index (χ2n) is 5.94. The summed E-state index contributed by atoms with van der Waals surface area (Å²) in [5, 5.41) is 9.01. The molecule has 1 fully saturated rings. The summed E-state index contributed by atoms with van der Waals surface area (Å²) in [6, 6.07) is 19.4. The van der Waals surface area contributed by atoms with E-state index in [0.717, 1.165) is 5.56 Å². The predicted octanol–water partition coefficient (Wildman–Crippen LogP) is 5.05. The molecule has 0 saturated carbocycles. The Labute approximate surface area is 170 Å². The Bertz CT molecular complexity index is 1100. The molecule has 3 aromatic rings. The number of amides is 1. The van der Waals surface area contributed by atoms with Gasteiger partial charge in [0.1, 0.15) is 11.5 Å². The van der Waals surface area contributed by atoms with Crippen molar-refractivity contribution in [1.29, 1.82) is 0 Å². The number of furan rings is 1. The molecule has 0 aliphatic carbocycles. The van der Waals surface area contributed by atoms with Crippen LogP contribution in [0, 0.1) is 0 Å². The van der Waals surface area contributed by atoms with Gasteiger partial charge in [0.25, 0.3) is 5.91 Å². The van der Waals surface area contributed by atoms with Gasteiger partial charge in [0.05, 0.1) is 16.2 Å².